The van der Waals surface area contributed by atoms with Crippen LogP contribution in [0.2, 0.25) is 0 Å². The smallest absolute Gasteiger partial charge is 0.272 e. The number of rotatable bonds is 3. The van der Waals surface area contributed by atoms with Gasteiger partial charge in [0.1, 0.15) is 10.7 Å². The predicted molar refractivity (Wildman–Crippen MR) is 82.8 cm³/mol. The highest BCUT2D eigenvalue weighted by Gasteiger charge is 2.41. The van der Waals surface area contributed by atoms with Gasteiger partial charge in [-0.1, -0.05) is 12.2 Å². The van der Waals surface area contributed by atoms with Crippen molar-refractivity contribution in [2.75, 3.05) is 20.1 Å². The summed E-state index contributed by atoms with van der Waals surface area (Å²) in [6.45, 7) is 2.80. The van der Waals surface area contributed by atoms with E-state index < -0.39 is 5.41 Å². The molecular formula is C14H18N4O2S. The van der Waals surface area contributed by atoms with Crippen molar-refractivity contribution >= 4 is 29.0 Å². The number of nitrogens with one attached hydrogen (secondary N) is 1. The third kappa shape index (κ3) is 3.02. The van der Waals surface area contributed by atoms with Crippen LogP contribution >= 0.6 is 12.2 Å². The van der Waals surface area contributed by atoms with Crippen LogP contribution in [0, 0.1) is 5.41 Å². The first kappa shape index (κ1) is 15.4. The molecule has 1 aliphatic rings. The summed E-state index contributed by atoms with van der Waals surface area (Å²) in [7, 11) is 1.61. The van der Waals surface area contributed by atoms with E-state index in [2.05, 4.69) is 10.3 Å². The Morgan fingerprint density at radius 2 is 2.19 bits per heavy atom. The van der Waals surface area contributed by atoms with Crippen LogP contribution in [-0.2, 0) is 4.79 Å². The molecule has 1 saturated heterocycles. The summed E-state index contributed by atoms with van der Waals surface area (Å²) in [4.78, 5) is 30.3. The molecule has 0 radical (unpaired) electrons. The minimum atomic E-state index is -0.539. The molecule has 1 fully saturated rings. The minimum Gasteiger partial charge on any atom is -0.389 e. The zero-order valence-corrected chi connectivity index (χ0v) is 12.9. The second-order valence-electron chi connectivity index (χ2n) is 5.41. The number of nitrogens with two attached hydrogens (primary N) is 1. The lowest BCUT2D eigenvalue weighted by atomic mass is 9.89. The molecule has 1 atom stereocenters. The lowest BCUT2D eigenvalue weighted by Crippen LogP contribution is -2.40. The minimum absolute atomic E-state index is 0.0467. The molecule has 0 aliphatic carbocycles. The van der Waals surface area contributed by atoms with E-state index in [0.717, 1.165) is 0 Å². The average Bonchev–Trinajstić information content (AvgIpc) is 2.89. The molecular weight excluding hydrogens is 288 g/mol. The number of carbonyl (C=O) groups excluding carboxylic acids is 2. The molecule has 1 aliphatic heterocycles. The van der Waals surface area contributed by atoms with Crippen molar-refractivity contribution in [1.29, 1.82) is 0 Å². The maximum atomic E-state index is 12.4. The summed E-state index contributed by atoms with van der Waals surface area (Å²) >= 11 is 4.85. The molecule has 1 aromatic rings. The van der Waals surface area contributed by atoms with Crippen molar-refractivity contribution in [1.82, 2.24) is 15.2 Å². The first-order valence-electron chi connectivity index (χ1n) is 6.65. The van der Waals surface area contributed by atoms with Gasteiger partial charge in [-0.3, -0.25) is 14.6 Å². The molecule has 7 heteroatoms. The van der Waals surface area contributed by atoms with Gasteiger partial charge in [-0.25, -0.2) is 0 Å². The van der Waals surface area contributed by atoms with Gasteiger partial charge in [0.05, 0.1) is 5.41 Å². The Kier molecular flexibility index (Phi) is 4.22. The van der Waals surface area contributed by atoms with Gasteiger partial charge in [0.25, 0.3) is 5.91 Å². The highest BCUT2D eigenvalue weighted by molar-refractivity contribution is 7.80. The van der Waals surface area contributed by atoms with E-state index in [4.69, 9.17) is 18.0 Å². The highest BCUT2D eigenvalue weighted by Crippen LogP contribution is 2.30. The van der Waals surface area contributed by atoms with Crippen molar-refractivity contribution in [3.8, 4) is 0 Å². The molecule has 0 spiro atoms. The van der Waals surface area contributed by atoms with Gasteiger partial charge in [-0.15, -0.1) is 0 Å². The summed E-state index contributed by atoms with van der Waals surface area (Å²) in [5.41, 5.74) is 5.91. The maximum absolute atomic E-state index is 12.4. The number of thiocarbonyl (C=S) groups is 1. The Morgan fingerprint density at radius 1 is 1.48 bits per heavy atom. The molecule has 0 saturated carbocycles. The maximum Gasteiger partial charge on any atom is 0.272 e. The summed E-state index contributed by atoms with van der Waals surface area (Å²) in [6, 6.07) is 3.28. The molecule has 2 rings (SSSR count). The number of carbonyl (C=O) groups is 2. The summed E-state index contributed by atoms with van der Waals surface area (Å²) in [5, 5.41) is 2.65. The summed E-state index contributed by atoms with van der Waals surface area (Å²) < 4.78 is 0. The Labute approximate surface area is 128 Å². The van der Waals surface area contributed by atoms with Crippen LogP contribution in [0.5, 0.6) is 0 Å². The molecule has 2 heterocycles. The Balaban J connectivity index is 2.11. The molecule has 3 N–H and O–H groups in total. The van der Waals surface area contributed by atoms with Gasteiger partial charge in [-0.2, -0.15) is 0 Å². The normalized spacial score (nSPS) is 21.1. The number of aromatic nitrogens is 1. The molecule has 1 aromatic heterocycles. The molecule has 0 bridgehead atoms. The number of hydrogen-bond donors (Lipinski definition) is 2. The van der Waals surface area contributed by atoms with Gasteiger partial charge in [-0.05, 0) is 25.5 Å². The van der Waals surface area contributed by atoms with E-state index >= 15 is 0 Å². The van der Waals surface area contributed by atoms with Gasteiger partial charge >= 0.3 is 0 Å². The van der Waals surface area contributed by atoms with E-state index in [1.165, 1.54) is 6.20 Å². The lowest BCUT2D eigenvalue weighted by molar-refractivity contribution is -0.128. The quantitative estimate of drug-likeness (QED) is 0.785. The van der Waals surface area contributed by atoms with Crippen molar-refractivity contribution in [2.45, 2.75) is 13.3 Å². The Hall–Kier alpha value is -2.02. The van der Waals surface area contributed by atoms with E-state index in [1.807, 2.05) is 6.92 Å². The molecule has 6 nitrogen and oxygen atoms in total. The van der Waals surface area contributed by atoms with Gasteiger partial charge in [0, 0.05) is 31.9 Å². The van der Waals surface area contributed by atoms with Crippen LogP contribution in [0.1, 0.15) is 29.4 Å². The number of hydrogen-bond acceptors (Lipinski definition) is 4. The van der Waals surface area contributed by atoms with Crippen LogP contribution in [0.15, 0.2) is 18.3 Å². The SMILES string of the molecule is CNC(=O)C1(C)CCN(C(=O)c2ccc(C(N)=S)cn2)C1. The van der Waals surface area contributed by atoms with Crippen LogP contribution < -0.4 is 11.1 Å². The molecule has 21 heavy (non-hydrogen) atoms. The molecule has 112 valence electrons. The zero-order chi connectivity index (χ0) is 15.6. The number of pyridine rings is 1. The van der Waals surface area contributed by atoms with Gasteiger partial charge in [0.15, 0.2) is 0 Å². The van der Waals surface area contributed by atoms with Crippen molar-refractivity contribution in [2.24, 2.45) is 11.1 Å². The van der Waals surface area contributed by atoms with Crippen LogP contribution in [-0.4, -0.2) is 46.8 Å². The lowest BCUT2D eigenvalue weighted by Gasteiger charge is -2.22. The topological polar surface area (TPSA) is 88.3 Å². The molecule has 1 unspecified atom stereocenters. The van der Waals surface area contributed by atoms with Crippen LogP contribution in [0.4, 0.5) is 0 Å². The van der Waals surface area contributed by atoms with Crippen LogP contribution in [0.3, 0.4) is 0 Å². The Morgan fingerprint density at radius 3 is 2.71 bits per heavy atom. The average molecular weight is 306 g/mol. The number of amides is 2. The van der Waals surface area contributed by atoms with E-state index in [-0.39, 0.29) is 16.8 Å². The first-order chi connectivity index (χ1) is 9.87. The molecule has 2 amide bonds. The predicted octanol–water partition coefficient (Wildman–Crippen LogP) is 0.314. The first-order valence-corrected chi connectivity index (χ1v) is 7.05. The van der Waals surface area contributed by atoms with E-state index in [9.17, 15) is 9.59 Å². The van der Waals surface area contributed by atoms with Crippen molar-refractivity contribution < 1.29 is 9.59 Å². The number of likely N-dealkylation sites (tertiary alicyclic amines) is 1. The van der Waals surface area contributed by atoms with E-state index in [0.29, 0.717) is 30.8 Å². The van der Waals surface area contributed by atoms with E-state index in [1.54, 1.807) is 24.1 Å². The van der Waals surface area contributed by atoms with Crippen molar-refractivity contribution in [3.63, 3.8) is 0 Å². The van der Waals surface area contributed by atoms with Gasteiger partial charge in [0.2, 0.25) is 5.91 Å². The third-order valence-corrected chi connectivity index (χ3v) is 4.04. The third-order valence-electron chi connectivity index (χ3n) is 3.80. The molecule has 0 aromatic carbocycles. The standard InChI is InChI=1S/C14H18N4O2S/c1-14(13(20)16-2)5-6-18(8-14)12(19)10-4-3-9(7-17-10)11(15)21/h3-4,7H,5-6,8H2,1-2H3,(H2,15,21)(H,16,20). The number of nitrogens with zero attached hydrogens (tertiary/aromatic N) is 2. The van der Waals surface area contributed by atoms with Crippen LogP contribution in [0.25, 0.3) is 0 Å². The fourth-order valence-electron chi connectivity index (χ4n) is 2.45. The summed E-state index contributed by atoms with van der Waals surface area (Å²) in [5.74, 6) is -0.230. The fourth-order valence-corrected chi connectivity index (χ4v) is 2.57. The summed E-state index contributed by atoms with van der Waals surface area (Å²) in [6.07, 6.45) is 2.13. The second-order valence-corrected chi connectivity index (χ2v) is 5.85. The Bertz CT molecular complexity index is 587. The monoisotopic (exact) mass is 306 g/mol. The largest absolute Gasteiger partial charge is 0.389 e. The zero-order valence-electron chi connectivity index (χ0n) is 12.0. The highest BCUT2D eigenvalue weighted by atomic mass is 32.1. The second kappa shape index (κ2) is 5.77. The van der Waals surface area contributed by atoms with Crippen molar-refractivity contribution in [3.05, 3.63) is 29.6 Å². The van der Waals surface area contributed by atoms with Gasteiger partial charge < -0.3 is 16.0 Å². The fraction of sp³-hybridized carbons (Fsp3) is 0.429.